The Bertz CT molecular complexity index is 741. The molecule has 0 atom stereocenters. The van der Waals surface area contributed by atoms with E-state index < -0.39 is 10.0 Å². The third-order valence-corrected chi connectivity index (χ3v) is 6.50. The second-order valence-electron chi connectivity index (χ2n) is 4.76. The average Bonchev–Trinajstić information content (AvgIpc) is 3.04. The first kappa shape index (κ1) is 17.9. The van der Waals surface area contributed by atoms with E-state index in [-0.39, 0.29) is 16.6 Å². The molecule has 2 heterocycles. The summed E-state index contributed by atoms with van der Waals surface area (Å²) in [7, 11) is -0.539. The minimum Gasteiger partial charge on any atom is -0.350 e. The first-order chi connectivity index (χ1) is 10.9. The van der Waals surface area contributed by atoms with E-state index in [2.05, 4.69) is 10.3 Å². The number of carbonyl (C=O) groups is 1. The number of aromatic nitrogens is 1. The minimum atomic E-state index is -3.48. The summed E-state index contributed by atoms with van der Waals surface area (Å²) in [6.45, 7) is 0.518. The van der Waals surface area contributed by atoms with Crippen LogP contribution in [0.3, 0.4) is 0 Å². The van der Waals surface area contributed by atoms with Crippen molar-refractivity contribution in [3.05, 3.63) is 40.7 Å². The molecule has 23 heavy (non-hydrogen) atoms. The fourth-order valence-electron chi connectivity index (χ4n) is 1.60. The molecule has 9 heteroatoms. The number of carbonyl (C=O) groups excluding carboxylic acids is 1. The lowest BCUT2D eigenvalue weighted by Gasteiger charge is -2.11. The van der Waals surface area contributed by atoms with Crippen molar-refractivity contribution in [2.45, 2.75) is 16.5 Å². The van der Waals surface area contributed by atoms with Gasteiger partial charge < -0.3 is 5.32 Å². The zero-order valence-electron chi connectivity index (χ0n) is 12.7. The molecular formula is C14H17N3O3S3. The highest BCUT2D eigenvalue weighted by atomic mass is 32.2. The molecule has 0 saturated heterocycles. The third-order valence-electron chi connectivity index (χ3n) is 2.88. The number of nitrogens with one attached hydrogen (secondary N) is 1. The molecule has 0 radical (unpaired) electrons. The Balaban J connectivity index is 1.85. The summed E-state index contributed by atoms with van der Waals surface area (Å²) in [5, 5.41) is 5.39. The van der Waals surface area contributed by atoms with Crippen LogP contribution in [0.1, 0.15) is 4.88 Å². The topological polar surface area (TPSA) is 79.4 Å². The van der Waals surface area contributed by atoms with Crippen LogP contribution < -0.4 is 5.32 Å². The second-order valence-corrected chi connectivity index (χ2v) is 8.94. The molecule has 0 bridgehead atoms. The molecule has 0 aliphatic carbocycles. The smallest absolute Gasteiger partial charge is 0.244 e. The van der Waals surface area contributed by atoms with Crippen molar-refractivity contribution >= 4 is 39.0 Å². The van der Waals surface area contributed by atoms with E-state index >= 15 is 0 Å². The molecule has 1 N–H and O–H groups in total. The van der Waals surface area contributed by atoms with Crippen molar-refractivity contribution in [1.82, 2.24) is 14.6 Å². The molecule has 2 rings (SSSR count). The molecular weight excluding hydrogens is 354 g/mol. The summed E-state index contributed by atoms with van der Waals surface area (Å²) in [6, 6.07) is 7.00. The van der Waals surface area contributed by atoms with Crippen LogP contribution in [0.4, 0.5) is 0 Å². The molecule has 0 aromatic carbocycles. The molecule has 124 valence electrons. The minimum absolute atomic E-state index is 0.0878. The summed E-state index contributed by atoms with van der Waals surface area (Å²) >= 11 is 2.86. The largest absolute Gasteiger partial charge is 0.350 e. The van der Waals surface area contributed by atoms with E-state index in [0.29, 0.717) is 11.6 Å². The van der Waals surface area contributed by atoms with E-state index in [1.807, 2.05) is 17.5 Å². The summed E-state index contributed by atoms with van der Waals surface area (Å²) < 4.78 is 25.0. The molecule has 2 aromatic rings. The van der Waals surface area contributed by atoms with Crippen molar-refractivity contribution in [2.24, 2.45) is 0 Å². The van der Waals surface area contributed by atoms with Crippen LogP contribution in [0, 0.1) is 0 Å². The first-order valence-corrected chi connectivity index (χ1v) is 10.0. The molecule has 6 nitrogen and oxygen atoms in total. The molecule has 0 fully saturated rings. The van der Waals surface area contributed by atoms with Crippen molar-refractivity contribution in [1.29, 1.82) is 0 Å². The second kappa shape index (κ2) is 7.91. The predicted molar refractivity (Wildman–Crippen MR) is 92.0 cm³/mol. The summed E-state index contributed by atoms with van der Waals surface area (Å²) in [5.41, 5.74) is 0. The maximum Gasteiger partial charge on any atom is 0.244 e. The number of sulfonamides is 1. The van der Waals surface area contributed by atoms with Crippen LogP contribution in [0.2, 0.25) is 0 Å². The van der Waals surface area contributed by atoms with Crippen LogP contribution in [0.5, 0.6) is 0 Å². The van der Waals surface area contributed by atoms with Gasteiger partial charge in [0.2, 0.25) is 15.9 Å². The quantitative estimate of drug-likeness (QED) is 0.751. The van der Waals surface area contributed by atoms with Gasteiger partial charge in [-0.05, 0) is 23.6 Å². The Kier molecular flexibility index (Phi) is 6.17. The van der Waals surface area contributed by atoms with Gasteiger partial charge in [-0.3, -0.25) is 4.79 Å². The van der Waals surface area contributed by atoms with Gasteiger partial charge in [-0.2, -0.15) is 0 Å². The molecule has 0 aliphatic rings. The van der Waals surface area contributed by atoms with Gasteiger partial charge >= 0.3 is 0 Å². The van der Waals surface area contributed by atoms with E-state index in [0.717, 1.165) is 9.18 Å². The Morgan fingerprint density at radius 2 is 2.13 bits per heavy atom. The number of nitrogens with zero attached hydrogens (tertiary/aromatic N) is 2. The van der Waals surface area contributed by atoms with Crippen LogP contribution in [0.15, 0.2) is 45.8 Å². The highest BCUT2D eigenvalue weighted by Crippen LogP contribution is 2.18. The number of thiophene rings is 1. The predicted octanol–water partition coefficient (Wildman–Crippen LogP) is 1.80. The van der Waals surface area contributed by atoms with E-state index in [1.54, 1.807) is 17.4 Å². The fraction of sp³-hybridized carbons (Fsp3) is 0.286. The van der Waals surface area contributed by atoms with E-state index in [1.165, 1.54) is 38.1 Å². The van der Waals surface area contributed by atoms with Gasteiger partial charge in [-0.1, -0.05) is 17.8 Å². The maximum absolute atomic E-state index is 11.9. The van der Waals surface area contributed by atoms with Gasteiger partial charge in [0.25, 0.3) is 0 Å². The van der Waals surface area contributed by atoms with Crippen LogP contribution >= 0.6 is 23.1 Å². The SMILES string of the molecule is CN(C)S(=O)(=O)c1ccc(SCC(=O)NCc2cccs2)nc1. The standard InChI is InChI=1S/C14H17N3O3S3/c1-17(2)23(19,20)12-5-6-14(16-9-12)22-10-13(18)15-8-11-4-3-7-21-11/h3-7,9H,8,10H2,1-2H3,(H,15,18). The van der Waals surface area contributed by atoms with E-state index in [4.69, 9.17) is 0 Å². The van der Waals surface area contributed by atoms with Crippen LogP contribution in [-0.2, 0) is 21.4 Å². The Morgan fingerprint density at radius 3 is 2.70 bits per heavy atom. The molecule has 2 aromatic heterocycles. The fourth-order valence-corrected chi connectivity index (χ4v) is 3.77. The summed E-state index contributed by atoms with van der Waals surface area (Å²) in [5.74, 6) is 0.146. The summed E-state index contributed by atoms with van der Waals surface area (Å²) in [4.78, 5) is 17.1. The van der Waals surface area contributed by atoms with Crippen molar-refractivity contribution < 1.29 is 13.2 Å². The number of thioether (sulfide) groups is 1. The molecule has 0 unspecified atom stereocenters. The molecule has 1 amide bonds. The monoisotopic (exact) mass is 371 g/mol. The lowest BCUT2D eigenvalue weighted by Crippen LogP contribution is -2.24. The molecule has 0 saturated carbocycles. The molecule has 0 spiro atoms. The lowest BCUT2D eigenvalue weighted by molar-refractivity contribution is -0.118. The number of amides is 1. The third kappa shape index (κ3) is 5.03. The number of hydrogen-bond acceptors (Lipinski definition) is 6. The number of hydrogen-bond donors (Lipinski definition) is 1. The number of pyridine rings is 1. The number of rotatable bonds is 7. The van der Waals surface area contributed by atoms with Gasteiger partial charge in [-0.25, -0.2) is 17.7 Å². The van der Waals surface area contributed by atoms with Crippen LogP contribution in [-0.4, -0.2) is 43.5 Å². The average molecular weight is 372 g/mol. The van der Waals surface area contributed by atoms with E-state index in [9.17, 15) is 13.2 Å². The first-order valence-electron chi connectivity index (χ1n) is 6.70. The van der Waals surface area contributed by atoms with Gasteiger partial charge in [0, 0.05) is 25.2 Å². The zero-order valence-corrected chi connectivity index (χ0v) is 15.2. The lowest BCUT2D eigenvalue weighted by atomic mass is 10.4. The molecule has 0 aliphatic heterocycles. The van der Waals surface area contributed by atoms with Crippen LogP contribution in [0.25, 0.3) is 0 Å². The van der Waals surface area contributed by atoms with Gasteiger partial charge in [0.1, 0.15) is 4.90 Å². The van der Waals surface area contributed by atoms with Crippen molar-refractivity contribution in [3.8, 4) is 0 Å². The maximum atomic E-state index is 11.9. The van der Waals surface area contributed by atoms with Gasteiger partial charge in [0.05, 0.1) is 17.3 Å². The van der Waals surface area contributed by atoms with Crippen molar-refractivity contribution in [3.63, 3.8) is 0 Å². The van der Waals surface area contributed by atoms with Gasteiger partial charge in [0.15, 0.2) is 0 Å². The highest BCUT2D eigenvalue weighted by Gasteiger charge is 2.17. The Labute approximate surface area is 144 Å². The highest BCUT2D eigenvalue weighted by molar-refractivity contribution is 7.99. The Morgan fingerprint density at radius 1 is 1.35 bits per heavy atom. The summed E-state index contributed by atoms with van der Waals surface area (Å²) in [6.07, 6.45) is 1.31. The normalized spacial score (nSPS) is 11.6. The zero-order chi connectivity index (χ0) is 16.9. The Hall–Kier alpha value is -1.42. The van der Waals surface area contributed by atoms with Crippen molar-refractivity contribution in [2.75, 3.05) is 19.8 Å². The van der Waals surface area contributed by atoms with Gasteiger partial charge in [-0.15, -0.1) is 11.3 Å².